The van der Waals surface area contributed by atoms with Crippen LogP contribution in [0.2, 0.25) is 0 Å². The van der Waals surface area contributed by atoms with Crippen molar-refractivity contribution in [3.05, 3.63) is 24.0 Å². The summed E-state index contributed by atoms with van der Waals surface area (Å²) in [7, 11) is 0. The van der Waals surface area contributed by atoms with Crippen LogP contribution in [0.15, 0.2) is 18.3 Å². The maximum absolute atomic E-state index is 11.5. The maximum Gasteiger partial charge on any atom is 0.318 e. The zero-order valence-electron chi connectivity index (χ0n) is 8.70. The monoisotopic (exact) mass is 210 g/mol. The van der Waals surface area contributed by atoms with Crippen molar-refractivity contribution in [1.29, 1.82) is 0 Å². The van der Waals surface area contributed by atoms with Gasteiger partial charge in [-0.3, -0.25) is 9.59 Å². The van der Waals surface area contributed by atoms with E-state index in [1.54, 1.807) is 6.20 Å². The molecule has 3 N–H and O–H groups in total. The largest absolute Gasteiger partial charge is 0.480 e. The Morgan fingerprint density at radius 3 is 2.67 bits per heavy atom. The molecule has 0 bridgehead atoms. The Labute approximate surface area is 87.5 Å². The molecule has 0 radical (unpaired) electrons. The quantitative estimate of drug-likeness (QED) is 0.641. The summed E-state index contributed by atoms with van der Waals surface area (Å²) in [4.78, 5) is 25.2. The predicted octanol–water partition coefficient (Wildman–Crippen LogP) is 0.742. The minimum Gasteiger partial charge on any atom is -0.480 e. The summed E-state index contributed by atoms with van der Waals surface area (Å²) in [6.07, 6.45) is 1.74. The van der Waals surface area contributed by atoms with Gasteiger partial charge in [-0.05, 0) is 26.0 Å². The van der Waals surface area contributed by atoms with Gasteiger partial charge in [-0.25, -0.2) is 0 Å². The second kappa shape index (κ2) is 4.16. The number of rotatable bonds is 4. The summed E-state index contributed by atoms with van der Waals surface area (Å²) >= 11 is 0. The van der Waals surface area contributed by atoms with Crippen LogP contribution in [-0.2, 0) is 16.1 Å². The van der Waals surface area contributed by atoms with E-state index in [0.29, 0.717) is 6.54 Å². The van der Waals surface area contributed by atoms with Crippen LogP contribution in [-0.4, -0.2) is 22.0 Å². The highest BCUT2D eigenvalue weighted by molar-refractivity contribution is 6.00. The lowest BCUT2D eigenvalue weighted by molar-refractivity contribution is -0.153. The number of carbonyl (C=O) groups is 2. The van der Waals surface area contributed by atoms with E-state index >= 15 is 0 Å². The molecule has 0 aromatic carbocycles. The molecule has 0 aliphatic heterocycles. The molecule has 82 valence electrons. The molecule has 1 heterocycles. The Morgan fingerprint density at radius 1 is 1.53 bits per heavy atom. The van der Waals surface area contributed by atoms with Gasteiger partial charge in [-0.2, -0.15) is 0 Å². The fraction of sp³-hybridized carbons (Fsp3) is 0.400. The molecule has 1 aromatic rings. The number of amides is 1. The summed E-state index contributed by atoms with van der Waals surface area (Å²) < 4.78 is 0. The summed E-state index contributed by atoms with van der Waals surface area (Å²) in [5.41, 5.74) is -0.559. The standard InChI is InChI=1S/C10H14N2O3/c1-10(2,9(14)15)8(13)12-6-7-4-3-5-11-7/h3-5,11H,6H2,1-2H3,(H,12,13)(H,14,15). The number of carbonyl (C=O) groups excluding carboxylic acids is 1. The number of carboxylic acid groups (broad SMARTS) is 1. The third kappa shape index (κ3) is 2.59. The second-order valence-corrected chi connectivity index (χ2v) is 3.81. The van der Waals surface area contributed by atoms with Crippen molar-refractivity contribution in [2.45, 2.75) is 20.4 Å². The van der Waals surface area contributed by atoms with Gasteiger partial charge in [0.15, 0.2) is 0 Å². The van der Waals surface area contributed by atoms with E-state index in [9.17, 15) is 9.59 Å². The molecule has 1 rings (SSSR count). The van der Waals surface area contributed by atoms with Gasteiger partial charge in [-0.1, -0.05) is 0 Å². The molecule has 0 atom stereocenters. The first-order valence-electron chi connectivity index (χ1n) is 4.58. The molecule has 5 heteroatoms. The molecule has 0 saturated carbocycles. The SMILES string of the molecule is CC(C)(C(=O)O)C(=O)NCc1ccc[nH]1. The van der Waals surface area contributed by atoms with Crippen LogP contribution in [0, 0.1) is 5.41 Å². The molecule has 1 amide bonds. The fourth-order valence-corrected chi connectivity index (χ4v) is 0.971. The number of aromatic nitrogens is 1. The minimum absolute atomic E-state index is 0.308. The van der Waals surface area contributed by atoms with Crippen LogP contribution in [0.5, 0.6) is 0 Å². The van der Waals surface area contributed by atoms with Crippen molar-refractivity contribution in [3.63, 3.8) is 0 Å². The Morgan fingerprint density at radius 2 is 2.20 bits per heavy atom. The van der Waals surface area contributed by atoms with Crippen LogP contribution >= 0.6 is 0 Å². The zero-order valence-corrected chi connectivity index (χ0v) is 8.70. The van der Waals surface area contributed by atoms with Gasteiger partial charge in [-0.15, -0.1) is 0 Å². The van der Waals surface area contributed by atoms with Crippen LogP contribution < -0.4 is 5.32 Å². The summed E-state index contributed by atoms with van der Waals surface area (Å²) in [5, 5.41) is 11.4. The summed E-state index contributed by atoms with van der Waals surface area (Å²) in [6, 6.07) is 3.62. The lowest BCUT2D eigenvalue weighted by atomic mass is 9.93. The van der Waals surface area contributed by atoms with E-state index in [-0.39, 0.29) is 0 Å². The highest BCUT2D eigenvalue weighted by Gasteiger charge is 2.35. The lowest BCUT2D eigenvalue weighted by Crippen LogP contribution is -2.42. The van der Waals surface area contributed by atoms with Crippen LogP contribution in [0.1, 0.15) is 19.5 Å². The molecule has 0 unspecified atom stereocenters. The van der Waals surface area contributed by atoms with Crippen LogP contribution in [0.4, 0.5) is 0 Å². The number of hydrogen-bond donors (Lipinski definition) is 3. The normalized spacial score (nSPS) is 11.1. The van der Waals surface area contributed by atoms with Gasteiger partial charge in [0.05, 0.1) is 6.54 Å². The molecular weight excluding hydrogens is 196 g/mol. The van der Waals surface area contributed by atoms with Crippen LogP contribution in [0.25, 0.3) is 0 Å². The average Bonchev–Trinajstić information content (AvgIpc) is 2.66. The highest BCUT2D eigenvalue weighted by atomic mass is 16.4. The highest BCUT2D eigenvalue weighted by Crippen LogP contribution is 2.15. The zero-order chi connectivity index (χ0) is 11.5. The Kier molecular flexibility index (Phi) is 3.14. The van der Waals surface area contributed by atoms with E-state index in [1.807, 2.05) is 12.1 Å². The molecule has 5 nitrogen and oxygen atoms in total. The maximum atomic E-state index is 11.5. The van der Waals surface area contributed by atoms with Crippen molar-refractivity contribution in [2.24, 2.45) is 5.41 Å². The number of nitrogens with one attached hydrogen (secondary N) is 2. The van der Waals surface area contributed by atoms with Crippen molar-refractivity contribution in [1.82, 2.24) is 10.3 Å². The minimum atomic E-state index is -1.40. The Balaban J connectivity index is 2.53. The first-order valence-corrected chi connectivity index (χ1v) is 4.58. The third-order valence-corrected chi connectivity index (χ3v) is 2.20. The Hall–Kier alpha value is -1.78. The third-order valence-electron chi connectivity index (χ3n) is 2.20. The first-order chi connectivity index (χ1) is 6.94. The topological polar surface area (TPSA) is 82.2 Å². The van der Waals surface area contributed by atoms with E-state index in [2.05, 4.69) is 10.3 Å². The number of aliphatic carboxylic acids is 1. The van der Waals surface area contributed by atoms with E-state index in [1.165, 1.54) is 13.8 Å². The van der Waals surface area contributed by atoms with Crippen LogP contribution in [0.3, 0.4) is 0 Å². The van der Waals surface area contributed by atoms with E-state index in [4.69, 9.17) is 5.11 Å². The van der Waals surface area contributed by atoms with Gasteiger partial charge >= 0.3 is 5.97 Å². The predicted molar refractivity (Wildman–Crippen MR) is 54.1 cm³/mol. The number of aromatic amines is 1. The molecule has 15 heavy (non-hydrogen) atoms. The van der Waals surface area contributed by atoms with Gasteiger partial charge in [0.25, 0.3) is 0 Å². The summed E-state index contributed by atoms with van der Waals surface area (Å²) in [5.74, 6) is -1.63. The number of hydrogen-bond acceptors (Lipinski definition) is 2. The second-order valence-electron chi connectivity index (χ2n) is 3.81. The smallest absolute Gasteiger partial charge is 0.318 e. The van der Waals surface area contributed by atoms with Gasteiger partial charge < -0.3 is 15.4 Å². The molecule has 0 spiro atoms. The lowest BCUT2D eigenvalue weighted by Gasteiger charge is -2.17. The van der Waals surface area contributed by atoms with Crippen molar-refractivity contribution >= 4 is 11.9 Å². The van der Waals surface area contributed by atoms with Crippen molar-refractivity contribution in [2.75, 3.05) is 0 Å². The van der Waals surface area contributed by atoms with E-state index in [0.717, 1.165) is 5.69 Å². The molecule has 1 aromatic heterocycles. The molecule has 0 aliphatic rings. The number of H-pyrrole nitrogens is 1. The first kappa shape index (κ1) is 11.3. The molecular formula is C10H14N2O3. The van der Waals surface area contributed by atoms with Crippen molar-refractivity contribution < 1.29 is 14.7 Å². The molecule has 0 fully saturated rings. The Bertz CT molecular complexity index is 355. The van der Waals surface area contributed by atoms with Gasteiger partial charge in [0, 0.05) is 11.9 Å². The summed E-state index contributed by atoms with van der Waals surface area (Å²) in [6.45, 7) is 3.06. The fourth-order valence-electron chi connectivity index (χ4n) is 0.971. The van der Waals surface area contributed by atoms with Gasteiger partial charge in [0.1, 0.15) is 5.41 Å². The number of carboxylic acids is 1. The average molecular weight is 210 g/mol. The van der Waals surface area contributed by atoms with Gasteiger partial charge in [0.2, 0.25) is 5.91 Å². The van der Waals surface area contributed by atoms with E-state index < -0.39 is 17.3 Å². The molecule has 0 saturated heterocycles. The molecule has 0 aliphatic carbocycles. The van der Waals surface area contributed by atoms with Crippen molar-refractivity contribution in [3.8, 4) is 0 Å².